The Labute approximate surface area is 175 Å². The van der Waals surface area contributed by atoms with Crippen LogP contribution in [-0.2, 0) is 38.9 Å². The second-order valence-electron chi connectivity index (χ2n) is 8.82. The second kappa shape index (κ2) is 9.97. The molecule has 6 atom stereocenters. The SMILES string of the molecule is CC1(C)O[C@H]2O[C@H]([C@H]3COC(C)(C)O3)[C@H](O[S@](=O)CCCCCCCCF)[C@H]2O1. The fourth-order valence-electron chi connectivity index (χ4n) is 3.98. The van der Waals surface area contributed by atoms with E-state index in [-0.39, 0.29) is 12.8 Å². The summed E-state index contributed by atoms with van der Waals surface area (Å²) < 4.78 is 60.0. The highest BCUT2D eigenvalue weighted by atomic mass is 32.2. The molecule has 0 aromatic rings. The molecule has 3 saturated heterocycles. The first kappa shape index (κ1) is 23.5. The highest BCUT2D eigenvalue weighted by Crippen LogP contribution is 2.42. The van der Waals surface area contributed by atoms with Crippen LogP contribution in [0, 0.1) is 0 Å². The van der Waals surface area contributed by atoms with E-state index >= 15 is 0 Å². The Hall–Kier alpha value is -0.160. The number of fused-ring (bicyclic) bond motifs is 1. The van der Waals surface area contributed by atoms with Crippen LogP contribution in [0.3, 0.4) is 0 Å². The molecule has 3 rings (SSSR count). The minimum Gasteiger partial charge on any atom is -0.348 e. The van der Waals surface area contributed by atoms with Crippen LogP contribution in [0.1, 0.15) is 66.2 Å². The Morgan fingerprint density at radius 1 is 0.931 bits per heavy atom. The number of hydrogen-bond acceptors (Lipinski definition) is 7. The lowest BCUT2D eigenvalue weighted by Gasteiger charge is -2.28. The summed E-state index contributed by atoms with van der Waals surface area (Å²) in [6.07, 6.45) is 2.89. The summed E-state index contributed by atoms with van der Waals surface area (Å²) in [7, 11) is 0. The summed E-state index contributed by atoms with van der Waals surface area (Å²) in [6, 6.07) is 0. The molecule has 0 N–H and O–H groups in total. The number of rotatable bonds is 11. The largest absolute Gasteiger partial charge is 0.348 e. The molecule has 170 valence electrons. The van der Waals surface area contributed by atoms with Gasteiger partial charge in [0.05, 0.1) is 13.3 Å². The maximum Gasteiger partial charge on any atom is 0.190 e. The molecule has 3 heterocycles. The predicted octanol–water partition coefficient (Wildman–Crippen LogP) is 3.37. The average molecular weight is 439 g/mol. The Balaban J connectivity index is 1.51. The third kappa shape index (κ3) is 6.41. The molecule has 0 amide bonds. The molecular formula is C20H35FO7S. The Morgan fingerprint density at radius 3 is 2.28 bits per heavy atom. The Morgan fingerprint density at radius 2 is 1.62 bits per heavy atom. The van der Waals surface area contributed by atoms with Gasteiger partial charge >= 0.3 is 0 Å². The third-order valence-corrected chi connectivity index (χ3v) is 6.40. The van der Waals surface area contributed by atoms with Crippen molar-refractivity contribution < 1.29 is 36.5 Å². The highest BCUT2D eigenvalue weighted by Gasteiger charge is 2.59. The number of hydrogen-bond donors (Lipinski definition) is 0. The molecule has 0 aromatic carbocycles. The van der Waals surface area contributed by atoms with Gasteiger partial charge in [-0.2, -0.15) is 0 Å². The van der Waals surface area contributed by atoms with Crippen molar-refractivity contribution in [3.05, 3.63) is 0 Å². The van der Waals surface area contributed by atoms with Gasteiger partial charge in [-0.3, -0.25) is 8.57 Å². The second-order valence-corrected chi connectivity index (χ2v) is 10.0. The van der Waals surface area contributed by atoms with Crippen molar-refractivity contribution in [3.63, 3.8) is 0 Å². The standard InChI is InChI=1S/C20H35FO7S/c1-19(2)23-13-14(25-19)15-16(17-18(24-15)27-20(3,4)26-17)28-29(22)12-10-8-6-5-7-9-11-21/h14-18H,5-13H2,1-4H3/t14-,15-,16+,17-,18-,29+/m1/s1. The van der Waals surface area contributed by atoms with Crippen molar-refractivity contribution in [2.24, 2.45) is 0 Å². The molecule has 0 bridgehead atoms. The lowest BCUT2D eigenvalue weighted by molar-refractivity contribution is -0.230. The van der Waals surface area contributed by atoms with Gasteiger partial charge in [0.25, 0.3) is 0 Å². The molecule has 0 aromatic heterocycles. The monoisotopic (exact) mass is 438 g/mol. The van der Waals surface area contributed by atoms with E-state index in [9.17, 15) is 8.60 Å². The lowest BCUT2D eigenvalue weighted by Crippen LogP contribution is -2.44. The van der Waals surface area contributed by atoms with E-state index in [0.717, 1.165) is 32.1 Å². The molecule has 0 saturated carbocycles. The van der Waals surface area contributed by atoms with Crippen LogP contribution in [0.4, 0.5) is 4.39 Å². The van der Waals surface area contributed by atoms with E-state index in [0.29, 0.717) is 18.8 Å². The van der Waals surface area contributed by atoms with Gasteiger partial charge in [-0.15, -0.1) is 0 Å². The number of unbranched alkanes of at least 4 members (excludes halogenated alkanes) is 5. The van der Waals surface area contributed by atoms with E-state index < -0.39 is 47.3 Å². The molecule has 0 aliphatic carbocycles. The van der Waals surface area contributed by atoms with Gasteiger partial charge in [0, 0.05) is 5.75 Å². The summed E-state index contributed by atoms with van der Waals surface area (Å²) in [5, 5.41) is 0. The normalized spacial score (nSPS) is 36.4. The lowest BCUT2D eigenvalue weighted by atomic mass is 10.1. The van der Waals surface area contributed by atoms with E-state index in [1.165, 1.54) is 0 Å². The molecule has 0 spiro atoms. The van der Waals surface area contributed by atoms with Crippen LogP contribution in [-0.4, -0.2) is 65.5 Å². The molecule has 0 radical (unpaired) electrons. The summed E-state index contributed by atoms with van der Waals surface area (Å²) in [6.45, 7) is 7.45. The van der Waals surface area contributed by atoms with Gasteiger partial charge < -0.3 is 23.7 Å². The van der Waals surface area contributed by atoms with Gasteiger partial charge in [-0.25, -0.2) is 4.21 Å². The van der Waals surface area contributed by atoms with Crippen molar-refractivity contribution in [1.29, 1.82) is 0 Å². The molecule has 7 nitrogen and oxygen atoms in total. The Bertz CT molecular complexity index is 559. The van der Waals surface area contributed by atoms with E-state index in [1.807, 2.05) is 27.7 Å². The number of alkyl halides is 1. The first-order valence-electron chi connectivity index (χ1n) is 10.7. The third-order valence-electron chi connectivity index (χ3n) is 5.34. The van der Waals surface area contributed by atoms with Crippen molar-refractivity contribution >= 4 is 11.1 Å². The van der Waals surface area contributed by atoms with Crippen LogP contribution in [0.15, 0.2) is 0 Å². The number of ether oxygens (including phenoxy) is 5. The molecule has 3 fully saturated rings. The first-order valence-corrected chi connectivity index (χ1v) is 11.9. The average Bonchev–Trinajstić information content (AvgIpc) is 3.24. The molecule has 3 aliphatic heterocycles. The Kier molecular flexibility index (Phi) is 8.08. The van der Waals surface area contributed by atoms with Crippen molar-refractivity contribution in [1.82, 2.24) is 0 Å². The van der Waals surface area contributed by atoms with Gasteiger partial charge in [0.15, 0.2) is 28.9 Å². The van der Waals surface area contributed by atoms with Crippen LogP contribution in [0.2, 0.25) is 0 Å². The quantitative estimate of drug-likeness (QED) is 0.458. The summed E-state index contributed by atoms with van der Waals surface area (Å²) in [4.78, 5) is 0. The topological polar surface area (TPSA) is 72.5 Å². The van der Waals surface area contributed by atoms with E-state index in [4.69, 9.17) is 27.9 Å². The fourth-order valence-corrected chi connectivity index (χ4v) is 4.99. The molecule has 9 heteroatoms. The van der Waals surface area contributed by atoms with Gasteiger partial charge in [-0.1, -0.05) is 25.7 Å². The first-order chi connectivity index (χ1) is 13.7. The summed E-state index contributed by atoms with van der Waals surface area (Å²) in [5.74, 6) is -1.03. The van der Waals surface area contributed by atoms with Crippen LogP contribution in [0.5, 0.6) is 0 Å². The van der Waals surface area contributed by atoms with Crippen molar-refractivity contribution in [3.8, 4) is 0 Å². The zero-order valence-electron chi connectivity index (χ0n) is 17.9. The van der Waals surface area contributed by atoms with Crippen LogP contribution >= 0.6 is 0 Å². The minimum atomic E-state index is -1.46. The van der Waals surface area contributed by atoms with Gasteiger partial charge in [0.2, 0.25) is 0 Å². The van der Waals surface area contributed by atoms with Gasteiger partial charge in [0.1, 0.15) is 24.4 Å². The highest BCUT2D eigenvalue weighted by molar-refractivity contribution is 7.80. The fraction of sp³-hybridized carbons (Fsp3) is 1.00. The molecule has 3 aliphatic rings. The van der Waals surface area contributed by atoms with E-state index in [2.05, 4.69) is 0 Å². The number of halogens is 1. The summed E-state index contributed by atoms with van der Waals surface area (Å²) in [5.41, 5.74) is 0. The molecule has 0 unspecified atom stereocenters. The summed E-state index contributed by atoms with van der Waals surface area (Å²) >= 11 is -1.46. The van der Waals surface area contributed by atoms with E-state index in [1.54, 1.807) is 0 Å². The minimum absolute atomic E-state index is 0.250. The van der Waals surface area contributed by atoms with Gasteiger partial charge in [-0.05, 0) is 40.5 Å². The molecular weight excluding hydrogens is 403 g/mol. The molecule has 29 heavy (non-hydrogen) atoms. The van der Waals surface area contributed by atoms with Crippen molar-refractivity contribution in [2.75, 3.05) is 19.0 Å². The predicted molar refractivity (Wildman–Crippen MR) is 105 cm³/mol. The maximum atomic E-state index is 12.6. The zero-order chi connectivity index (χ0) is 21.1. The van der Waals surface area contributed by atoms with Crippen LogP contribution < -0.4 is 0 Å². The van der Waals surface area contributed by atoms with Crippen molar-refractivity contribution in [2.45, 2.75) is 108 Å². The van der Waals surface area contributed by atoms with Crippen LogP contribution in [0.25, 0.3) is 0 Å². The zero-order valence-corrected chi connectivity index (χ0v) is 18.7. The smallest absolute Gasteiger partial charge is 0.190 e. The maximum absolute atomic E-state index is 12.6.